The van der Waals surface area contributed by atoms with Crippen LogP contribution in [-0.2, 0) is 4.45 Å². The van der Waals surface area contributed by atoms with Crippen molar-refractivity contribution in [2.24, 2.45) is 0 Å². The zero-order chi connectivity index (χ0) is 19.6. The molecule has 0 spiro atoms. The zero-order valence-corrected chi connectivity index (χ0v) is 17.0. The summed E-state index contributed by atoms with van der Waals surface area (Å²) in [6, 6.07) is 30.8. The van der Waals surface area contributed by atoms with Crippen LogP contribution in [0.4, 0.5) is 5.69 Å². The van der Waals surface area contributed by atoms with Crippen LogP contribution in [0, 0.1) is 0 Å². The number of rotatable bonds is 2. The molecule has 2 aliphatic carbocycles. The van der Waals surface area contributed by atoms with Gasteiger partial charge in [0.2, 0.25) is 0 Å². The molecule has 2 aliphatic rings. The van der Waals surface area contributed by atoms with Crippen LogP contribution in [0.3, 0.4) is 0 Å². The summed E-state index contributed by atoms with van der Waals surface area (Å²) in [6.45, 7) is 0. The van der Waals surface area contributed by atoms with Gasteiger partial charge in [-0.2, -0.15) is 0 Å². The number of hydrogen-bond acceptors (Lipinski definition) is 2. The van der Waals surface area contributed by atoms with Gasteiger partial charge in [0, 0.05) is 27.9 Å². The lowest BCUT2D eigenvalue weighted by atomic mass is 10.0. The highest BCUT2D eigenvalue weighted by atomic mass is 79.9. The molecule has 0 saturated carbocycles. The van der Waals surface area contributed by atoms with Crippen molar-refractivity contribution in [3.8, 4) is 22.3 Å². The molecule has 1 N–H and O–H groups in total. The van der Waals surface area contributed by atoms with Gasteiger partial charge in [0.15, 0.2) is 5.78 Å². The van der Waals surface area contributed by atoms with Gasteiger partial charge < -0.3 is 5.32 Å². The Balaban J connectivity index is 1.47. The Morgan fingerprint density at radius 2 is 1.10 bits per heavy atom. The minimum Gasteiger partial charge on any atom is -0.363 e. The molecule has 0 bridgehead atoms. The second-order valence-electron chi connectivity index (χ2n) is 7.51. The summed E-state index contributed by atoms with van der Waals surface area (Å²) >= 11 is 4.01. The van der Waals surface area contributed by atoms with Crippen molar-refractivity contribution in [3.05, 3.63) is 113 Å². The number of alkyl halides is 1. The van der Waals surface area contributed by atoms with E-state index in [1.54, 1.807) is 0 Å². The van der Waals surface area contributed by atoms with Crippen LogP contribution in [0.25, 0.3) is 22.3 Å². The molecular formula is C26H16BrNO. The molecule has 0 fully saturated rings. The molecule has 29 heavy (non-hydrogen) atoms. The highest BCUT2D eigenvalue weighted by Gasteiger charge is 2.41. The van der Waals surface area contributed by atoms with Gasteiger partial charge in [-0.15, -0.1) is 0 Å². The van der Waals surface area contributed by atoms with Crippen LogP contribution >= 0.6 is 15.9 Å². The quantitative estimate of drug-likeness (QED) is 0.249. The van der Waals surface area contributed by atoms with Gasteiger partial charge in [-0.05, 0) is 34.4 Å². The lowest BCUT2D eigenvalue weighted by Gasteiger charge is -2.28. The second kappa shape index (κ2) is 5.91. The Labute approximate surface area is 177 Å². The first kappa shape index (κ1) is 16.8. The molecule has 3 heteroatoms. The van der Waals surface area contributed by atoms with Crippen LogP contribution < -0.4 is 5.32 Å². The molecule has 6 rings (SSSR count). The highest BCUT2D eigenvalue weighted by Crippen LogP contribution is 2.52. The largest absolute Gasteiger partial charge is 0.363 e. The van der Waals surface area contributed by atoms with Gasteiger partial charge in [0.25, 0.3) is 0 Å². The number of benzene rings is 4. The van der Waals surface area contributed by atoms with Crippen molar-refractivity contribution in [3.63, 3.8) is 0 Å². The molecule has 0 radical (unpaired) electrons. The molecule has 138 valence electrons. The first-order valence-electron chi connectivity index (χ1n) is 9.61. The topological polar surface area (TPSA) is 29.1 Å². The predicted molar refractivity (Wildman–Crippen MR) is 121 cm³/mol. The Morgan fingerprint density at radius 1 is 0.586 bits per heavy atom. The summed E-state index contributed by atoms with van der Waals surface area (Å²) in [6.07, 6.45) is 0. The van der Waals surface area contributed by atoms with E-state index in [1.165, 1.54) is 22.3 Å². The fraction of sp³-hybridized carbons (Fsp3) is 0.0385. The predicted octanol–water partition coefficient (Wildman–Crippen LogP) is 6.59. The van der Waals surface area contributed by atoms with Gasteiger partial charge in [-0.1, -0.05) is 94.8 Å². The average Bonchev–Trinajstić information content (AvgIpc) is 3.19. The van der Waals surface area contributed by atoms with Crippen LogP contribution in [-0.4, -0.2) is 5.78 Å². The van der Waals surface area contributed by atoms with E-state index in [1.807, 2.05) is 36.4 Å². The smallest absolute Gasteiger partial charge is 0.194 e. The zero-order valence-electron chi connectivity index (χ0n) is 15.4. The molecule has 0 unspecified atom stereocenters. The number of carbonyl (C=O) groups is 1. The van der Waals surface area contributed by atoms with Gasteiger partial charge >= 0.3 is 0 Å². The number of carbonyl (C=O) groups excluding carboxylic acids is 1. The molecule has 4 aromatic rings. The van der Waals surface area contributed by atoms with Gasteiger partial charge in [-0.3, -0.25) is 4.79 Å². The number of anilines is 1. The molecule has 0 amide bonds. The Hall–Kier alpha value is -3.17. The maximum Gasteiger partial charge on any atom is 0.194 e. The summed E-state index contributed by atoms with van der Waals surface area (Å²) in [4.78, 5) is 12.9. The number of halogens is 1. The third kappa shape index (κ3) is 2.25. The molecule has 0 aliphatic heterocycles. The molecule has 2 nitrogen and oxygen atoms in total. The Morgan fingerprint density at radius 3 is 1.76 bits per heavy atom. The van der Waals surface area contributed by atoms with E-state index in [0.29, 0.717) is 0 Å². The van der Waals surface area contributed by atoms with Crippen molar-refractivity contribution in [1.82, 2.24) is 0 Å². The first-order valence-corrected chi connectivity index (χ1v) is 10.4. The van der Waals surface area contributed by atoms with E-state index in [9.17, 15) is 4.79 Å². The van der Waals surface area contributed by atoms with Crippen molar-refractivity contribution in [1.29, 1.82) is 0 Å². The summed E-state index contributed by atoms with van der Waals surface area (Å²) in [5.74, 6) is 0.0927. The van der Waals surface area contributed by atoms with E-state index in [0.717, 1.165) is 27.9 Å². The SMILES string of the molecule is O=C1c2ccccc2-c2ccc(NC3(Br)c4ccccc4-c4ccccc43)cc21. The summed E-state index contributed by atoms with van der Waals surface area (Å²) in [5.41, 5.74) is 9.27. The summed E-state index contributed by atoms with van der Waals surface area (Å²) in [7, 11) is 0. The lowest BCUT2D eigenvalue weighted by molar-refractivity contribution is 0.104. The van der Waals surface area contributed by atoms with Crippen molar-refractivity contribution >= 4 is 27.4 Å². The maximum absolute atomic E-state index is 12.9. The van der Waals surface area contributed by atoms with Crippen molar-refractivity contribution in [2.75, 3.05) is 5.32 Å². The van der Waals surface area contributed by atoms with Crippen molar-refractivity contribution < 1.29 is 4.79 Å². The van der Waals surface area contributed by atoms with Crippen LogP contribution in [0.2, 0.25) is 0 Å². The standard InChI is InChI=1S/C26H16BrNO/c27-26(23-11-5-3-8-19(23)20-9-4-6-12-24(20)26)28-16-13-14-18-17-7-1-2-10-21(17)25(29)22(18)15-16/h1-15,28H. The van der Waals surface area contributed by atoms with E-state index >= 15 is 0 Å². The summed E-state index contributed by atoms with van der Waals surface area (Å²) in [5, 5.41) is 3.67. The van der Waals surface area contributed by atoms with Crippen LogP contribution in [0.1, 0.15) is 27.0 Å². The lowest BCUT2D eigenvalue weighted by Crippen LogP contribution is -2.27. The van der Waals surface area contributed by atoms with Crippen LogP contribution in [0.15, 0.2) is 91.0 Å². The average molecular weight is 438 g/mol. The van der Waals surface area contributed by atoms with Gasteiger partial charge in [-0.25, -0.2) is 0 Å². The highest BCUT2D eigenvalue weighted by molar-refractivity contribution is 9.09. The molecule has 0 saturated heterocycles. The minimum atomic E-state index is -0.539. The first-order chi connectivity index (χ1) is 14.2. The van der Waals surface area contributed by atoms with Crippen LogP contribution in [0.5, 0.6) is 0 Å². The van der Waals surface area contributed by atoms with Crippen molar-refractivity contribution in [2.45, 2.75) is 4.45 Å². The fourth-order valence-corrected chi connectivity index (χ4v) is 5.54. The van der Waals surface area contributed by atoms with E-state index in [-0.39, 0.29) is 5.78 Å². The number of nitrogens with one attached hydrogen (secondary N) is 1. The Kier molecular flexibility index (Phi) is 3.42. The second-order valence-corrected chi connectivity index (χ2v) is 8.70. The molecule has 0 aromatic heterocycles. The third-order valence-electron chi connectivity index (χ3n) is 5.93. The molecular weight excluding hydrogens is 422 g/mol. The number of fused-ring (bicyclic) bond motifs is 6. The number of ketones is 1. The van der Waals surface area contributed by atoms with Gasteiger partial charge in [0.1, 0.15) is 4.45 Å². The normalized spacial score (nSPS) is 14.7. The molecule has 4 aromatic carbocycles. The summed E-state index contributed by atoms with van der Waals surface area (Å²) < 4.78 is -0.539. The minimum absolute atomic E-state index is 0.0927. The van der Waals surface area contributed by atoms with E-state index in [2.05, 4.69) is 75.8 Å². The monoisotopic (exact) mass is 437 g/mol. The molecule has 0 atom stereocenters. The third-order valence-corrected chi connectivity index (χ3v) is 6.98. The maximum atomic E-state index is 12.9. The van der Waals surface area contributed by atoms with E-state index in [4.69, 9.17) is 0 Å². The number of hydrogen-bond donors (Lipinski definition) is 1. The Bertz CT molecular complexity index is 1280. The fourth-order valence-electron chi connectivity index (χ4n) is 4.62. The van der Waals surface area contributed by atoms with Gasteiger partial charge in [0.05, 0.1) is 0 Å². The molecule has 0 heterocycles. The van der Waals surface area contributed by atoms with E-state index < -0.39 is 4.45 Å².